The zero-order valence-corrected chi connectivity index (χ0v) is 15.5. The van der Waals surface area contributed by atoms with Gasteiger partial charge in [0.15, 0.2) is 12.2 Å². The maximum atomic E-state index is 12.9. The van der Waals surface area contributed by atoms with Crippen LogP contribution in [0.5, 0.6) is 0 Å². The number of aromatic nitrogens is 5. The Hall–Kier alpha value is -4.34. The first-order valence-electron chi connectivity index (χ1n) is 8.86. The third-order valence-corrected chi connectivity index (χ3v) is 4.51. The number of nitrogens with one attached hydrogen (secondary N) is 1. The number of aromatic carboxylic acids is 1. The topological polar surface area (TPSA) is 140 Å². The standard InChI is InChI=1S/C20H15N5O5/c26-18-15(7-12-1-3-13(4-2-12)19(27)28)9-21-17-6-5-14(8-16(17)18)20(29)30-11-25-10-22-23-24-25/h1-6,8-10H,7,11H2,(H,21,26)(H,27,28). The van der Waals surface area contributed by atoms with Gasteiger partial charge in [0.1, 0.15) is 6.33 Å². The molecule has 0 unspecified atom stereocenters. The summed E-state index contributed by atoms with van der Waals surface area (Å²) in [5.74, 6) is -1.62. The van der Waals surface area contributed by atoms with Gasteiger partial charge >= 0.3 is 11.9 Å². The number of rotatable bonds is 6. The van der Waals surface area contributed by atoms with E-state index in [9.17, 15) is 14.4 Å². The van der Waals surface area contributed by atoms with Crippen LogP contribution < -0.4 is 5.43 Å². The van der Waals surface area contributed by atoms with Crippen LogP contribution in [0.4, 0.5) is 0 Å². The molecule has 10 nitrogen and oxygen atoms in total. The molecule has 2 heterocycles. The van der Waals surface area contributed by atoms with Crippen molar-refractivity contribution in [1.82, 2.24) is 25.2 Å². The fourth-order valence-electron chi connectivity index (χ4n) is 2.95. The molecular formula is C20H15N5O5. The lowest BCUT2D eigenvalue weighted by atomic mass is 10.0. The van der Waals surface area contributed by atoms with Crippen molar-refractivity contribution >= 4 is 22.8 Å². The maximum absolute atomic E-state index is 12.9. The molecule has 0 aliphatic heterocycles. The Balaban J connectivity index is 1.58. The van der Waals surface area contributed by atoms with Crippen molar-refractivity contribution in [3.8, 4) is 0 Å². The number of fused-ring (bicyclic) bond motifs is 1. The number of hydrogen-bond donors (Lipinski definition) is 2. The molecule has 30 heavy (non-hydrogen) atoms. The lowest BCUT2D eigenvalue weighted by Crippen LogP contribution is -2.13. The van der Waals surface area contributed by atoms with Crippen molar-refractivity contribution in [2.75, 3.05) is 0 Å². The van der Waals surface area contributed by atoms with Crippen LogP contribution in [0.1, 0.15) is 31.8 Å². The Morgan fingerprint density at radius 3 is 2.57 bits per heavy atom. The van der Waals surface area contributed by atoms with Gasteiger partial charge in [-0.1, -0.05) is 12.1 Å². The number of carboxylic acids is 1. The van der Waals surface area contributed by atoms with Crippen molar-refractivity contribution in [2.45, 2.75) is 13.2 Å². The molecule has 0 radical (unpaired) electrons. The Morgan fingerprint density at radius 2 is 1.87 bits per heavy atom. The molecule has 0 bridgehead atoms. The molecule has 0 aliphatic carbocycles. The summed E-state index contributed by atoms with van der Waals surface area (Å²) in [6.45, 7) is -0.146. The van der Waals surface area contributed by atoms with E-state index in [2.05, 4.69) is 20.5 Å². The quantitative estimate of drug-likeness (QED) is 0.461. The zero-order chi connectivity index (χ0) is 21.1. The van der Waals surface area contributed by atoms with E-state index in [0.29, 0.717) is 22.9 Å². The molecule has 0 aliphatic rings. The van der Waals surface area contributed by atoms with Gasteiger partial charge in [-0.3, -0.25) is 4.79 Å². The highest BCUT2D eigenvalue weighted by molar-refractivity contribution is 5.94. The van der Waals surface area contributed by atoms with Crippen LogP contribution in [0.3, 0.4) is 0 Å². The van der Waals surface area contributed by atoms with Crippen LogP contribution in [0.25, 0.3) is 10.9 Å². The second kappa shape index (κ2) is 7.95. The Labute approximate surface area is 168 Å². The van der Waals surface area contributed by atoms with Gasteiger partial charge in [0.25, 0.3) is 0 Å². The first kappa shape index (κ1) is 19.0. The minimum atomic E-state index is -1.01. The van der Waals surface area contributed by atoms with E-state index in [1.807, 2.05) is 0 Å². The van der Waals surface area contributed by atoms with E-state index in [1.165, 1.54) is 29.2 Å². The molecule has 10 heteroatoms. The molecule has 0 saturated carbocycles. The highest BCUT2D eigenvalue weighted by Gasteiger charge is 2.12. The molecular weight excluding hydrogens is 390 g/mol. The number of nitrogens with zero attached hydrogens (tertiary/aromatic N) is 4. The normalized spacial score (nSPS) is 10.8. The molecule has 150 valence electrons. The van der Waals surface area contributed by atoms with Crippen molar-refractivity contribution in [3.63, 3.8) is 0 Å². The number of pyridine rings is 1. The number of carbonyl (C=O) groups excluding carboxylic acids is 1. The van der Waals surface area contributed by atoms with Crippen LogP contribution >= 0.6 is 0 Å². The van der Waals surface area contributed by atoms with Crippen LogP contribution in [-0.4, -0.2) is 42.2 Å². The highest BCUT2D eigenvalue weighted by atomic mass is 16.5. The van der Waals surface area contributed by atoms with Crippen molar-refractivity contribution in [1.29, 1.82) is 0 Å². The predicted molar refractivity (Wildman–Crippen MR) is 104 cm³/mol. The SMILES string of the molecule is O=C(O)c1ccc(Cc2c[nH]c3ccc(C(=O)OCn4cnnn4)cc3c2=O)cc1. The first-order chi connectivity index (χ1) is 14.5. The monoisotopic (exact) mass is 405 g/mol. The number of H-pyrrole nitrogens is 1. The minimum absolute atomic E-state index is 0.146. The highest BCUT2D eigenvalue weighted by Crippen LogP contribution is 2.15. The molecule has 4 rings (SSSR count). The van der Waals surface area contributed by atoms with Crippen molar-refractivity contribution in [2.24, 2.45) is 0 Å². The third-order valence-electron chi connectivity index (χ3n) is 4.51. The Kier molecular flexibility index (Phi) is 5.04. The summed E-state index contributed by atoms with van der Waals surface area (Å²) in [6, 6.07) is 11.0. The largest absolute Gasteiger partial charge is 0.478 e. The van der Waals surface area contributed by atoms with Gasteiger partial charge in [0, 0.05) is 29.1 Å². The number of esters is 1. The van der Waals surface area contributed by atoms with Crippen molar-refractivity contribution in [3.05, 3.63) is 87.5 Å². The lowest BCUT2D eigenvalue weighted by Gasteiger charge is -2.07. The summed E-state index contributed by atoms with van der Waals surface area (Å²) >= 11 is 0. The number of tetrazole rings is 1. The number of carboxylic acid groups (broad SMARTS) is 1. The van der Waals surface area contributed by atoms with Gasteiger partial charge in [-0.2, -0.15) is 4.68 Å². The van der Waals surface area contributed by atoms with Gasteiger partial charge < -0.3 is 14.8 Å². The first-order valence-corrected chi connectivity index (χ1v) is 8.86. The van der Waals surface area contributed by atoms with Gasteiger partial charge in [0.2, 0.25) is 0 Å². The number of carbonyl (C=O) groups is 2. The molecule has 2 N–H and O–H groups in total. The summed E-state index contributed by atoms with van der Waals surface area (Å²) in [7, 11) is 0. The second-order valence-corrected chi connectivity index (χ2v) is 6.49. The molecule has 0 spiro atoms. The second-order valence-electron chi connectivity index (χ2n) is 6.49. The summed E-state index contributed by atoms with van der Waals surface area (Å²) < 4.78 is 6.39. The number of hydrogen-bond acceptors (Lipinski definition) is 7. The van der Waals surface area contributed by atoms with Crippen LogP contribution in [0.2, 0.25) is 0 Å². The van der Waals surface area contributed by atoms with E-state index in [0.717, 1.165) is 5.56 Å². The third kappa shape index (κ3) is 3.92. The molecule has 0 fully saturated rings. The summed E-state index contributed by atoms with van der Waals surface area (Å²) in [5, 5.41) is 19.8. The van der Waals surface area contributed by atoms with Gasteiger partial charge in [-0.25, -0.2) is 9.59 Å². The number of aromatic amines is 1. The van der Waals surface area contributed by atoms with Gasteiger partial charge in [0.05, 0.1) is 11.1 Å². The lowest BCUT2D eigenvalue weighted by molar-refractivity contribution is 0.0346. The average Bonchev–Trinajstić information content (AvgIpc) is 3.28. The molecule has 2 aromatic carbocycles. The fourth-order valence-corrected chi connectivity index (χ4v) is 2.95. The molecule has 2 aromatic heterocycles. The maximum Gasteiger partial charge on any atom is 0.339 e. The van der Waals surface area contributed by atoms with E-state index in [1.54, 1.807) is 30.5 Å². The molecule has 0 amide bonds. The van der Waals surface area contributed by atoms with E-state index < -0.39 is 11.9 Å². The average molecular weight is 405 g/mol. The summed E-state index contributed by atoms with van der Waals surface area (Å²) in [4.78, 5) is 39.2. The zero-order valence-electron chi connectivity index (χ0n) is 15.5. The molecule has 0 atom stereocenters. The Morgan fingerprint density at radius 1 is 1.10 bits per heavy atom. The van der Waals surface area contributed by atoms with E-state index in [4.69, 9.17) is 9.84 Å². The van der Waals surface area contributed by atoms with Gasteiger partial charge in [-0.15, -0.1) is 5.10 Å². The Bertz CT molecular complexity index is 1280. The fraction of sp³-hybridized carbons (Fsp3) is 0.100. The minimum Gasteiger partial charge on any atom is -0.478 e. The van der Waals surface area contributed by atoms with E-state index in [-0.39, 0.29) is 23.3 Å². The predicted octanol–water partition coefficient (Wildman–Crippen LogP) is 1.62. The van der Waals surface area contributed by atoms with Crippen LogP contribution in [-0.2, 0) is 17.9 Å². The van der Waals surface area contributed by atoms with E-state index >= 15 is 0 Å². The summed E-state index contributed by atoms with van der Waals surface area (Å²) in [6.07, 6.45) is 3.25. The summed E-state index contributed by atoms with van der Waals surface area (Å²) in [5.41, 5.74) is 2.05. The smallest absolute Gasteiger partial charge is 0.339 e. The molecule has 4 aromatic rings. The van der Waals surface area contributed by atoms with Gasteiger partial charge in [-0.05, 0) is 46.3 Å². The van der Waals surface area contributed by atoms with Crippen LogP contribution in [0, 0.1) is 0 Å². The number of benzene rings is 2. The van der Waals surface area contributed by atoms with Crippen LogP contribution in [0.15, 0.2) is 59.8 Å². The molecule has 0 saturated heterocycles. The number of ether oxygens (including phenoxy) is 1. The van der Waals surface area contributed by atoms with Crippen molar-refractivity contribution < 1.29 is 19.4 Å².